The molecule has 1 aromatic carbocycles. The van der Waals surface area contributed by atoms with Crippen molar-refractivity contribution >= 4 is 0 Å². The highest BCUT2D eigenvalue weighted by Gasteiger charge is 2.16. The Morgan fingerprint density at radius 3 is 2.15 bits per heavy atom. The molecule has 1 heteroatoms. The molecule has 0 amide bonds. The van der Waals surface area contributed by atoms with E-state index in [9.17, 15) is 5.11 Å². The molecular formula is C25H38O. The summed E-state index contributed by atoms with van der Waals surface area (Å²) in [5.74, 6) is 0.864. The highest BCUT2D eigenvalue weighted by molar-refractivity contribution is 5.47. The number of unbranched alkanes of at least 4 members (excludes halogenated alkanes) is 9. The Bertz CT molecular complexity index is 582. The molecule has 0 spiro atoms. The lowest BCUT2D eigenvalue weighted by molar-refractivity contribution is 0.455. The number of aryl methyl sites for hydroxylation is 2. The summed E-state index contributed by atoms with van der Waals surface area (Å²) >= 11 is 0. The maximum atomic E-state index is 10.8. The molecule has 26 heavy (non-hydrogen) atoms. The van der Waals surface area contributed by atoms with E-state index in [1.165, 1.54) is 69.8 Å². The van der Waals surface area contributed by atoms with E-state index >= 15 is 0 Å². The smallest absolute Gasteiger partial charge is 0.122 e. The van der Waals surface area contributed by atoms with Gasteiger partial charge in [-0.15, -0.1) is 0 Å². The zero-order valence-corrected chi connectivity index (χ0v) is 17.0. The van der Waals surface area contributed by atoms with Gasteiger partial charge in [-0.05, 0) is 31.7 Å². The Labute approximate surface area is 161 Å². The van der Waals surface area contributed by atoms with Crippen molar-refractivity contribution in [2.24, 2.45) is 0 Å². The molecule has 2 rings (SSSR count). The fourth-order valence-corrected chi connectivity index (χ4v) is 3.97. The number of aromatic hydroxyl groups is 1. The predicted octanol–water partition coefficient (Wildman–Crippen LogP) is 7.76. The summed E-state index contributed by atoms with van der Waals surface area (Å²) in [6.45, 7) is 4.42. The normalized spacial score (nSPS) is 16.3. The van der Waals surface area contributed by atoms with Crippen LogP contribution >= 0.6 is 0 Å². The van der Waals surface area contributed by atoms with E-state index in [1.54, 1.807) is 0 Å². The van der Waals surface area contributed by atoms with Crippen molar-refractivity contribution in [1.82, 2.24) is 0 Å². The largest absolute Gasteiger partial charge is 0.507 e. The molecule has 1 N–H and O–H groups in total. The molecule has 1 atom stereocenters. The molecule has 1 unspecified atom stereocenters. The van der Waals surface area contributed by atoms with Gasteiger partial charge in [-0.2, -0.15) is 0 Å². The predicted molar refractivity (Wildman–Crippen MR) is 114 cm³/mol. The van der Waals surface area contributed by atoms with E-state index in [0.29, 0.717) is 11.7 Å². The lowest BCUT2D eigenvalue weighted by Gasteiger charge is -2.18. The fraction of sp³-hybridized carbons (Fsp3) is 0.600. The molecule has 0 aromatic heterocycles. The molecule has 0 saturated carbocycles. The molecule has 0 bridgehead atoms. The summed E-state index contributed by atoms with van der Waals surface area (Å²) in [7, 11) is 0. The molecule has 0 saturated heterocycles. The molecule has 144 valence electrons. The van der Waals surface area contributed by atoms with Crippen LogP contribution in [0.2, 0.25) is 0 Å². The third-order valence-corrected chi connectivity index (χ3v) is 5.54. The minimum absolute atomic E-state index is 0.325. The van der Waals surface area contributed by atoms with Crippen LogP contribution in [0, 0.1) is 6.92 Å². The van der Waals surface area contributed by atoms with Crippen molar-refractivity contribution in [3.63, 3.8) is 0 Å². The van der Waals surface area contributed by atoms with Gasteiger partial charge in [-0.3, -0.25) is 0 Å². The Morgan fingerprint density at radius 1 is 0.885 bits per heavy atom. The third-order valence-electron chi connectivity index (χ3n) is 5.54. The number of allylic oxidation sites excluding steroid dienone is 4. The van der Waals surface area contributed by atoms with Gasteiger partial charge in [0, 0.05) is 11.5 Å². The van der Waals surface area contributed by atoms with Crippen LogP contribution in [0.4, 0.5) is 0 Å². The topological polar surface area (TPSA) is 20.2 Å². The van der Waals surface area contributed by atoms with Crippen LogP contribution in [-0.2, 0) is 6.42 Å². The second-order valence-corrected chi connectivity index (χ2v) is 7.95. The quantitative estimate of drug-likeness (QED) is 0.380. The first-order valence-electron chi connectivity index (χ1n) is 10.9. The lowest BCUT2D eigenvalue weighted by atomic mass is 9.88. The standard InChI is InChI=1S/C25H38O/c1-3-4-5-6-7-8-9-10-11-13-18-23-19-21(2)20-24(25(23)26)22-16-14-12-15-17-22/h12,14-16,19-20,22,26H,3-11,13,17-18H2,1-2H3. The van der Waals surface area contributed by atoms with Crippen molar-refractivity contribution in [1.29, 1.82) is 0 Å². The van der Waals surface area contributed by atoms with E-state index in [0.717, 1.165) is 24.0 Å². The van der Waals surface area contributed by atoms with Crippen molar-refractivity contribution < 1.29 is 5.11 Å². The molecular weight excluding hydrogens is 316 g/mol. The Morgan fingerprint density at radius 2 is 1.54 bits per heavy atom. The summed E-state index contributed by atoms with van der Waals surface area (Å²) < 4.78 is 0. The van der Waals surface area contributed by atoms with Gasteiger partial charge in [0.2, 0.25) is 0 Å². The van der Waals surface area contributed by atoms with E-state index in [2.05, 4.69) is 50.3 Å². The Hall–Kier alpha value is -1.50. The molecule has 1 aliphatic rings. The monoisotopic (exact) mass is 354 g/mol. The lowest BCUT2D eigenvalue weighted by Crippen LogP contribution is -2.00. The van der Waals surface area contributed by atoms with Gasteiger partial charge in [0.05, 0.1) is 0 Å². The average Bonchev–Trinajstić information content (AvgIpc) is 2.66. The van der Waals surface area contributed by atoms with E-state index in [4.69, 9.17) is 0 Å². The zero-order valence-electron chi connectivity index (χ0n) is 17.0. The molecule has 1 nitrogen and oxygen atoms in total. The first kappa shape index (κ1) is 20.8. The summed E-state index contributed by atoms with van der Waals surface area (Å²) in [6.07, 6.45) is 24.1. The van der Waals surface area contributed by atoms with Crippen molar-refractivity contribution in [2.75, 3.05) is 0 Å². The zero-order chi connectivity index (χ0) is 18.6. The van der Waals surface area contributed by atoms with Gasteiger partial charge >= 0.3 is 0 Å². The van der Waals surface area contributed by atoms with E-state index in [1.807, 2.05) is 0 Å². The van der Waals surface area contributed by atoms with Crippen LogP contribution < -0.4 is 0 Å². The van der Waals surface area contributed by atoms with E-state index in [-0.39, 0.29) is 0 Å². The summed E-state index contributed by atoms with van der Waals surface area (Å²) in [5.41, 5.74) is 3.51. The van der Waals surface area contributed by atoms with Crippen molar-refractivity contribution in [3.05, 3.63) is 53.1 Å². The van der Waals surface area contributed by atoms with Gasteiger partial charge in [-0.1, -0.05) is 107 Å². The Balaban J connectivity index is 1.71. The second-order valence-electron chi connectivity index (χ2n) is 7.95. The number of phenolic OH excluding ortho intramolecular Hbond substituents is 1. The highest BCUT2D eigenvalue weighted by Crippen LogP contribution is 2.35. The van der Waals surface area contributed by atoms with E-state index < -0.39 is 0 Å². The maximum absolute atomic E-state index is 10.8. The number of hydrogen-bond donors (Lipinski definition) is 1. The first-order valence-corrected chi connectivity index (χ1v) is 10.9. The first-order chi connectivity index (χ1) is 12.7. The van der Waals surface area contributed by atoms with Gasteiger partial charge in [-0.25, -0.2) is 0 Å². The fourth-order valence-electron chi connectivity index (χ4n) is 3.97. The van der Waals surface area contributed by atoms with Gasteiger partial charge in [0.1, 0.15) is 5.75 Å². The van der Waals surface area contributed by atoms with Crippen LogP contribution in [0.15, 0.2) is 36.4 Å². The molecule has 1 aromatic rings. The summed E-state index contributed by atoms with van der Waals surface area (Å²) in [4.78, 5) is 0. The maximum Gasteiger partial charge on any atom is 0.122 e. The van der Waals surface area contributed by atoms with Crippen LogP contribution in [0.5, 0.6) is 5.75 Å². The van der Waals surface area contributed by atoms with Gasteiger partial charge < -0.3 is 5.11 Å². The van der Waals surface area contributed by atoms with Gasteiger partial charge in [0.25, 0.3) is 0 Å². The van der Waals surface area contributed by atoms with Crippen LogP contribution in [0.25, 0.3) is 0 Å². The molecule has 0 fully saturated rings. The average molecular weight is 355 g/mol. The number of benzene rings is 1. The second kappa shape index (κ2) is 12.0. The molecule has 1 aliphatic carbocycles. The Kier molecular flexibility index (Phi) is 9.60. The summed E-state index contributed by atoms with van der Waals surface area (Å²) in [5, 5.41) is 10.8. The van der Waals surface area contributed by atoms with Crippen LogP contribution in [0.1, 0.15) is 100 Å². The van der Waals surface area contributed by atoms with Crippen molar-refractivity contribution in [2.45, 2.75) is 96.8 Å². The minimum Gasteiger partial charge on any atom is -0.507 e. The molecule has 0 heterocycles. The van der Waals surface area contributed by atoms with Crippen molar-refractivity contribution in [3.8, 4) is 5.75 Å². The third kappa shape index (κ3) is 7.02. The SMILES string of the molecule is CCCCCCCCCCCCc1cc(C)cc(C2C=CC=CC2)c1O. The van der Waals surface area contributed by atoms with Crippen LogP contribution in [-0.4, -0.2) is 5.11 Å². The number of hydrogen-bond acceptors (Lipinski definition) is 1. The summed E-state index contributed by atoms with van der Waals surface area (Å²) in [6, 6.07) is 4.33. The highest BCUT2D eigenvalue weighted by atomic mass is 16.3. The van der Waals surface area contributed by atoms with Gasteiger partial charge in [0.15, 0.2) is 0 Å². The molecule has 0 aliphatic heterocycles. The minimum atomic E-state index is 0.325. The molecule has 0 radical (unpaired) electrons. The number of rotatable bonds is 12. The number of phenols is 1. The van der Waals surface area contributed by atoms with Crippen LogP contribution in [0.3, 0.4) is 0 Å².